The summed E-state index contributed by atoms with van der Waals surface area (Å²) >= 11 is 0. The van der Waals surface area contributed by atoms with E-state index in [0.29, 0.717) is 16.9 Å². The van der Waals surface area contributed by atoms with E-state index in [-0.39, 0.29) is 32.8 Å². The molecule has 0 saturated carbocycles. The highest BCUT2D eigenvalue weighted by Gasteiger charge is 2.19. The number of ketones is 1. The van der Waals surface area contributed by atoms with Crippen LogP contribution in [0.15, 0.2) is 76.5 Å². The maximum Gasteiger partial charge on any atom is 0.262 e. The van der Waals surface area contributed by atoms with Gasteiger partial charge in [0, 0.05) is 17.3 Å². The Hall–Kier alpha value is -3.37. The minimum atomic E-state index is -3.94. The van der Waals surface area contributed by atoms with Gasteiger partial charge in [0.1, 0.15) is 0 Å². The summed E-state index contributed by atoms with van der Waals surface area (Å²) < 4.78 is 63.6. The Morgan fingerprint density at radius 1 is 0.788 bits per heavy atom. The maximum atomic E-state index is 12.7. The number of hydrogen-bond donors (Lipinski definition) is 1. The van der Waals surface area contributed by atoms with E-state index in [1.165, 1.54) is 63.6 Å². The van der Waals surface area contributed by atoms with E-state index in [1.807, 2.05) is 0 Å². The van der Waals surface area contributed by atoms with Crippen LogP contribution in [0.25, 0.3) is 0 Å². The van der Waals surface area contributed by atoms with Gasteiger partial charge in [-0.2, -0.15) is 0 Å². The second-order valence-corrected chi connectivity index (χ2v) is 10.8. The van der Waals surface area contributed by atoms with Gasteiger partial charge in [-0.25, -0.2) is 16.8 Å². The molecule has 0 heterocycles. The molecule has 0 aliphatic heterocycles. The second kappa shape index (κ2) is 9.63. The summed E-state index contributed by atoms with van der Waals surface area (Å²) in [5, 5.41) is 0. The molecule has 0 aromatic heterocycles. The van der Waals surface area contributed by atoms with E-state index in [4.69, 9.17) is 9.47 Å². The highest BCUT2D eigenvalue weighted by Crippen LogP contribution is 2.30. The van der Waals surface area contributed by atoms with E-state index in [2.05, 4.69) is 4.72 Å². The minimum absolute atomic E-state index is 0.0362. The number of hydrogen-bond acceptors (Lipinski definition) is 7. The lowest BCUT2D eigenvalue weighted by atomic mass is 10.1. The van der Waals surface area contributed by atoms with Gasteiger partial charge >= 0.3 is 0 Å². The summed E-state index contributed by atoms with van der Waals surface area (Å²) in [6, 6.07) is 16.0. The molecule has 3 aromatic rings. The van der Waals surface area contributed by atoms with Crippen LogP contribution in [-0.2, 0) is 25.6 Å². The zero-order valence-corrected chi connectivity index (χ0v) is 19.9. The summed E-state index contributed by atoms with van der Waals surface area (Å²) in [7, 11) is -4.76. The predicted octanol–water partition coefficient (Wildman–Crippen LogP) is 3.68. The van der Waals surface area contributed by atoms with Gasteiger partial charge in [-0.05, 0) is 48.9 Å². The lowest BCUT2D eigenvalue weighted by Crippen LogP contribution is -2.13. The smallest absolute Gasteiger partial charge is 0.262 e. The average Bonchev–Trinajstić information content (AvgIpc) is 2.78. The SMILES string of the molecule is COc1ccc(S(=O)(=O)Nc2ccc(S(=O)(=O)Cc3ccc(C(C)=O)cc3)cc2)cc1OC. The Morgan fingerprint density at radius 3 is 1.91 bits per heavy atom. The predicted molar refractivity (Wildman–Crippen MR) is 124 cm³/mol. The first kappa shape index (κ1) is 24.3. The van der Waals surface area contributed by atoms with Crippen molar-refractivity contribution in [3.05, 3.63) is 77.9 Å². The van der Waals surface area contributed by atoms with Gasteiger partial charge in [-0.1, -0.05) is 24.3 Å². The fourth-order valence-corrected chi connectivity index (χ4v) is 5.49. The van der Waals surface area contributed by atoms with Gasteiger partial charge in [0.15, 0.2) is 27.1 Å². The molecule has 0 unspecified atom stereocenters. The summed E-state index contributed by atoms with van der Waals surface area (Å²) in [6.07, 6.45) is 0. The highest BCUT2D eigenvalue weighted by molar-refractivity contribution is 7.92. The van der Waals surface area contributed by atoms with Crippen LogP contribution >= 0.6 is 0 Å². The van der Waals surface area contributed by atoms with Crippen LogP contribution in [0.4, 0.5) is 5.69 Å². The van der Waals surface area contributed by atoms with Crippen LogP contribution in [0.2, 0.25) is 0 Å². The second-order valence-electron chi connectivity index (χ2n) is 7.16. The third kappa shape index (κ3) is 5.71. The Bertz CT molecular complexity index is 1360. The molecular weight excluding hydrogens is 466 g/mol. The van der Waals surface area contributed by atoms with Crippen molar-refractivity contribution in [3.63, 3.8) is 0 Å². The number of ether oxygens (including phenoxy) is 2. The molecule has 0 aliphatic rings. The molecule has 0 bridgehead atoms. The Balaban J connectivity index is 1.77. The first-order valence-electron chi connectivity index (χ1n) is 9.73. The van der Waals surface area contributed by atoms with Gasteiger partial charge in [0.25, 0.3) is 10.0 Å². The van der Waals surface area contributed by atoms with E-state index in [9.17, 15) is 21.6 Å². The number of rotatable bonds is 9. The normalized spacial score (nSPS) is 11.6. The fraction of sp³-hybridized carbons (Fsp3) is 0.174. The topological polar surface area (TPSA) is 116 Å². The van der Waals surface area contributed by atoms with Gasteiger partial charge < -0.3 is 9.47 Å². The van der Waals surface area contributed by atoms with Crippen molar-refractivity contribution in [1.29, 1.82) is 0 Å². The molecule has 0 saturated heterocycles. The molecule has 8 nitrogen and oxygen atoms in total. The van der Waals surface area contributed by atoms with Crippen molar-refractivity contribution < 1.29 is 31.1 Å². The molecule has 1 N–H and O–H groups in total. The first-order valence-corrected chi connectivity index (χ1v) is 12.9. The number of nitrogens with one attached hydrogen (secondary N) is 1. The third-order valence-corrected chi connectivity index (χ3v) is 7.93. The molecule has 0 spiro atoms. The van der Waals surface area contributed by atoms with E-state index >= 15 is 0 Å². The van der Waals surface area contributed by atoms with Crippen LogP contribution in [0, 0.1) is 0 Å². The van der Waals surface area contributed by atoms with Crippen LogP contribution in [-0.4, -0.2) is 36.8 Å². The number of carbonyl (C=O) groups is 1. The highest BCUT2D eigenvalue weighted by atomic mass is 32.2. The molecule has 0 atom stereocenters. The lowest BCUT2D eigenvalue weighted by Gasteiger charge is -2.12. The summed E-state index contributed by atoms with van der Waals surface area (Å²) in [4.78, 5) is 11.4. The Kier molecular flexibility index (Phi) is 7.09. The molecule has 33 heavy (non-hydrogen) atoms. The standard InChI is InChI=1S/C23H23NO7S2/c1-16(25)18-6-4-17(5-7-18)15-32(26,27)20-10-8-19(9-11-20)24-33(28,29)21-12-13-22(30-2)23(14-21)31-3/h4-14,24H,15H2,1-3H3. The van der Waals surface area contributed by atoms with Gasteiger partial charge in [-0.15, -0.1) is 0 Å². The van der Waals surface area contributed by atoms with Gasteiger partial charge in [0.05, 0.1) is 29.8 Å². The number of benzene rings is 3. The Morgan fingerprint density at radius 2 is 1.36 bits per heavy atom. The third-order valence-electron chi connectivity index (χ3n) is 4.85. The lowest BCUT2D eigenvalue weighted by molar-refractivity contribution is 0.101. The summed E-state index contributed by atoms with van der Waals surface area (Å²) in [6.45, 7) is 1.44. The van der Waals surface area contributed by atoms with E-state index in [1.54, 1.807) is 24.3 Å². The molecule has 174 valence electrons. The van der Waals surface area contributed by atoms with Crippen LogP contribution < -0.4 is 14.2 Å². The first-order chi connectivity index (χ1) is 15.6. The van der Waals surface area contributed by atoms with Crippen LogP contribution in [0.3, 0.4) is 0 Å². The molecule has 10 heteroatoms. The molecule has 0 aliphatic carbocycles. The molecule has 0 amide bonds. The molecular formula is C23H23NO7S2. The number of carbonyl (C=O) groups excluding carboxylic acids is 1. The molecule has 0 radical (unpaired) electrons. The Labute approximate surface area is 193 Å². The monoisotopic (exact) mass is 489 g/mol. The number of sulfonamides is 1. The number of methoxy groups -OCH3 is 2. The summed E-state index contributed by atoms with van der Waals surface area (Å²) in [5.74, 6) is 0.303. The quantitative estimate of drug-likeness (QED) is 0.456. The number of Topliss-reactive ketones (excluding diaryl/α,β-unsaturated/α-hetero) is 1. The van der Waals surface area contributed by atoms with E-state index < -0.39 is 19.9 Å². The minimum Gasteiger partial charge on any atom is -0.493 e. The maximum absolute atomic E-state index is 12.7. The number of anilines is 1. The van der Waals surface area contributed by atoms with Crippen molar-refractivity contribution in [2.75, 3.05) is 18.9 Å². The fourth-order valence-electron chi connectivity index (χ4n) is 3.07. The van der Waals surface area contributed by atoms with Crippen molar-refractivity contribution in [2.24, 2.45) is 0 Å². The van der Waals surface area contributed by atoms with Crippen molar-refractivity contribution in [2.45, 2.75) is 22.5 Å². The largest absolute Gasteiger partial charge is 0.493 e. The zero-order chi connectivity index (χ0) is 24.2. The number of sulfone groups is 1. The van der Waals surface area contributed by atoms with Crippen molar-refractivity contribution >= 4 is 31.3 Å². The molecule has 3 aromatic carbocycles. The van der Waals surface area contributed by atoms with Crippen molar-refractivity contribution in [3.8, 4) is 11.5 Å². The van der Waals surface area contributed by atoms with Crippen molar-refractivity contribution in [1.82, 2.24) is 0 Å². The van der Waals surface area contributed by atoms with Gasteiger partial charge in [0.2, 0.25) is 0 Å². The van der Waals surface area contributed by atoms with E-state index in [0.717, 1.165) is 0 Å². The summed E-state index contributed by atoms with van der Waals surface area (Å²) in [5.41, 5.74) is 1.25. The van der Waals surface area contributed by atoms with Crippen LogP contribution in [0.5, 0.6) is 11.5 Å². The zero-order valence-electron chi connectivity index (χ0n) is 18.2. The molecule has 0 fully saturated rings. The average molecular weight is 490 g/mol. The van der Waals surface area contributed by atoms with Crippen LogP contribution in [0.1, 0.15) is 22.8 Å². The van der Waals surface area contributed by atoms with Gasteiger partial charge in [-0.3, -0.25) is 9.52 Å². The molecule has 3 rings (SSSR count).